The van der Waals surface area contributed by atoms with Crippen molar-refractivity contribution in [2.45, 2.75) is 19.3 Å². The fourth-order valence-corrected chi connectivity index (χ4v) is 2.15. The van der Waals surface area contributed by atoms with Gasteiger partial charge in [0.15, 0.2) is 0 Å². The first-order valence-electron chi connectivity index (χ1n) is 6.19. The van der Waals surface area contributed by atoms with Gasteiger partial charge in [0.1, 0.15) is 0 Å². The smallest absolute Gasteiger partial charge is 0.0507 e. The molecule has 1 fully saturated rings. The maximum atomic E-state index is 5.36. The zero-order valence-electron chi connectivity index (χ0n) is 9.99. The minimum absolute atomic E-state index is 0.587. The summed E-state index contributed by atoms with van der Waals surface area (Å²) in [6.07, 6.45) is 1.21. The Bertz CT molecular complexity index is 293. The van der Waals surface area contributed by atoms with Crippen molar-refractivity contribution in [2.24, 2.45) is 5.92 Å². The van der Waals surface area contributed by atoms with Gasteiger partial charge in [0.05, 0.1) is 6.61 Å². The molecule has 88 valence electrons. The van der Waals surface area contributed by atoms with Crippen LogP contribution in [-0.2, 0) is 4.74 Å². The molecule has 0 saturated carbocycles. The van der Waals surface area contributed by atoms with Crippen LogP contribution in [0.1, 0.15) is 24.8 Å². The van der Waals surface area contributed by atoms with Gasteiger partial charge >= 0.3 is 0 Å². The molecule has 2 nitrogen and oxygen atoms in total. The van der Waals surface area contributed by atoms with Crippen LogP contribution in [0.15, 0.2) is 30.3 Å². The van der Waals surface area contributed by atoms with Crippen LogP contribution in [0.2, 0.25) is 0 Å². The quantitative estimate of drug-likeness (QED) is 0.821. The van der Waals surface area contributed by atoms with Crippen LogP contribution in [0, 0.1) is 5.92 Å². The van der Waals surface area contributed by atoms with Crippen molar-refractivity contribution >= 4 is 0 Å². The van der Waals surface area contributed by atoms with Crippen molar-refractivity contribution in [1.29, 1.82) is 0 Å². The van der Waals surface area contributed by atoms with E-state index in [-0.39, 0.29) is 0 Å². The van der Waals surface area contributed by atoms with Crippen LogP contribution in [0.5, 0.6) is 0 Å². The van der Waals surface area contributed by atoms with E-state index < -0.39 is 0 Å². The van der Waals surface area contributed by atoms with Crippen molar-refractivity contribution in [1.82, 2.24) is 5.32 Å². The zero-order chi connectivity index (χ0) is 11.2. The molecule has 0 amide bonds. The first kappa shape index (κ1) is 11.6. The standard InChI is InChI=1S/C14H21NO/c1-12(14-5-3-2-4-6-14)9-15-10-13-7-8-16-11-13/h2-6,12-13,15H,7-11H2,1H3. The van der Waals surface area contributed by atoms with Crippen LogP contribution in [-0.4, -0.2) is 26.3 Å². The number of nitrogens with one attached hydrogen (secondary N) is 1. The van der Waals surface area contributed by atoms with Crippen LogP contribution in [0.25, 0.3) is 0 Å². The first-order valence-corrected chi connectivity index (χ1v) is 6.19. The van der Waals surface area contributed by atoms with E-state index in [4.69, 9.17) is 4.74 Å². The van der Waals surface area contributed by atoms with Gasteiger partial charge in [-0.1, -0.05) is 37.3 Å². The molecule has 1 saturated heterocycles. The Morgan fingerprint density at radius 3 is 2.88 bits per heavy atom. The van der Waals surface area contributed by atoms with E-state index in [1.807, 2.05) is 0 Å². The predicted octanol–water partition coefficient (Wildman–Crippen LogP) is 2.42. The molecule has 0 radical (unpaired) electrons. The first-order chi connectivity index (χ1) is 7.86. The Hall–Kier alpha value is -0.860. The minimum atomic E-state index is 0.587. The highest BCUT2D eigenvalue weighted by atomic mass is 16.5. The highest BCUT2D eigenvalue weighted by molar-refractivity contribution is 5.18. The van der Waals surface area contributed by atoms with Crippen LogP contribution in [0.4, 0.5) is 0 Å². The molecule has 1 aliphatic heterocycles. The molecule has 0 bridgehead atoms. The predicted molar refractivity (Wildman–Crippen MR) is 66.7 cm³/mol. The third-order valence-electron chi connectivity index (χ3n) is 3.28. The summed E-state index contributed by atoms with van der Waals surface area (Å²) < 4.78 is 5.36. The van der Waals surface area contributed by atoms with Gasteiger partial charge in [0.2, 0.25) is 0 Å². The lowest BCUT2D eigenvalue weighted by Gasteiger charge is -2.14. The summed E-state index contributed by atoms with van der Waals surface area (Å²) in [6, 6.07) is 10.7. The largest absolute Gasteiger partial charge is 0.381 e. The maximum absolute atomic E-state index is 5.36. The van der Waals surface area contributed by atoms with E-state index in [1.165, 1.54) is 12.0 Å². The van der Waals surface area contributed by atoms with Gasteiger partial charge < -0.3 is 10.1 Å². The van der Waals surface area contributed by atoms with Gasteiger partial charge in [0.25, 0.3) is 0 Å². The average Bonchev–Trinajstić information content (AvgIpc) is 2.83. The molecule has 0 aromatic heterocycles. The lowest BCUT2D eigenvalue weighted by atomic mass is 10.0. The topological polar surface area (TPSA) is 21.3 Å². The summed E-state index contributed by atoms with van der Waals surface area (Å²) >= 11 is 0. The summed E-state index contributed by atoms with van der Waals surface area (Å²) in [5.41, 5.74) is 1.41. The molecule has 1 aromatic carbocycles. The third kappa shape index (κ3) is 3.32. The Morgan fingerprint density at radius 1 is 1.38 bits per heavy atom. The molecule has 16 heavy (non-hydrogen) atoms. The molecular weight excluding hydrogens is 198 g/mol. The van der Waals surface area contributed by atoms with Crippen LogP contribution in [0.3, 0.4) is 0 Å². The summed E-state index contributed by atoms with van der Waals surface area (Å²) in [4.78, 5) is 0. The Morgan fingerprint density at radius 2 is 2.19 bits per heavy atom. The third-order valence-corrected chi connectivity index (χ3v) is 3.28. The minimum Gasteiger partial charge on any atom is -0.381 e. The van der Waals surface area contributed by atoms with Gasteiger partial charge in [-0.2, -0.15) is 0 Å². The molecule has 1 aromatic rings. The Kier molecular flexibility index (Phi) is 4.37. The highest BCUT2D eigenvalue weighted by Gasteiger charge is 2.15. The van der Waals surface area contributed by atoms with E-state index in [1.54, 1.807) is 0 Å². The summed E-state index contributed by atoms with van der Waals surface area (Å²) in [6.45, 7) is 6.30. The van der Waals surface area contributed by atoms with Crippen molar-refractivity contribution in [3.8, 4) is 0 Å². The highest BCUT2D eigenvalue weighted by Crippen LogP contribution is 2.14. The van der Waals surface area contributed by atoms with Gasteiger partial charge in [-0.25, -0.2) is 0 Å². The normalized spacial score (nSPS) is 22.2. The molecule has 2 heteroatoms. The van der Waals surface area contributed by atoms with Crippen molar-refractivity contribution in [2.75, 3.05) is 26.3 Å². The van der Waals surface area contributed by atoms with Crippen LogP contribution >= 0.6 is 0 Å². The van der Waals surface area contributed by atoms with Gasteiger partial charge in [-0.05, 0) is 23.8 Å². The SMILES string of the molecule is CC(CNCC1CCOC1)c1ccccc1. The van der Waals surface area contributed by atoms with E-state index in [2.05, 4.69) is 42.6 Å². The molecule has 2 rings (SSSR count). The number of benzene rings is 1. The van der Waals surface area contributed by atoms with Crippen molar-refractivity contribution in [3.63, 3.8) is 0 Å². The van der Waals surface area contributed by atoms with Gasteiger partial charge in [0, 0.05) is 19.7 Å². The van der Waals surface area contributed by atoms with Gasteiger partial charge in [-0.3, -0.25) is 0 Å². The second kappa shape index (κ2) is 6.02. The average molecular weight is 219 g/mol. The van der Waals surface area contributed by atoms with Crippen molar-refractivity contribution < 1.29 is 4.74 Å². The lowest BCUT2D eigenvalue weighted by molar-refractivity contribution is 0.185. The Balaban J connectivity index is 1.69. The second-order valence-corrected chi connectivity index (χ2v) is 4.70. The number of hydrogen-bond donors (Lipinski definition) is 1. The molecule has 0 aliphatic carbocycles. The van der Waals surface area contributed by atoms with Crippen molar-refractivity contribution in [3.05, 3.63) is 35.9 Å². The zero-order valence-corrected chi connectivity index (χ0v) is 9.99. The Labute approximate surface area is 98.0 Å². The van der Waals surface area contributed by atoms with E-state index in [9.17, 15) is 0 Å². The fourth-order valence-electron chi connectivity index (χ4n) is 2.15. The monoisotopic (exact) mass is 219 g/mol. The molecule has 1 aliphatic rings. The number of rotatable bonds is 5. The second-order valence-electron chi connectivity index (χ2n) is 4.70. The maximum Gasteiger partial charge on any atom is 0.0507 e. The summed E-state index contributed by atoms with van der Waals surface area (Å²) in [5, 5.41) is 3.55. The molecule has 0 spiro atoms. The fraction of sp³-hybridized carbons (Fsp3) is 0.571. The molecular formula is C14H21NO. The molecule has 1 N–H and O–H groups in total. The van der Waals surface area contributed by atoms with E-state index in [0.29, 0.717) is 5.92 Å². The summed E-state index contributed by atoms with van der Waals surface area (Å²) in [5.74, 6) is 1.31. The van der Waals surface area contributed by atoms with Crippen LogP contribution < -0.4 is 5.32 Å². The molecule has 2 atom stereocenters. The number of hydrogen-bond acceptors (Lipinski definition) is 2. The molecule has 2 unspecified atom stereocenters. The molecule has 1 heterocycles. The van der Waals surface area contributed by atoms with E-state index >= 15 is 0 Å². The lowest BCUT2D eigenvalue weighted by Crippen LogP contribution is -2.26. The number of ether oxygens (including phenoxy) is 1. The van der Waals surface area contributed by atoms with E-state index in [0.717, 1.165) is 32.2 Å². The van der Waals surface area contributed by atoms with Gasteiger partial charge in [-0.15, -0.1) is 0 Å². The summed E-state index contributed by atoms with van der Waals surface area (Å²) in [7, 11) is 0.